The molecule has 0 saturated carbocycles. The SMILES string of the molecule is O=C(c1c[nH]c2ccccc12)N1CCC(N2CCc3sccc3C2)CC1. The molecule has 0 bridgehead atoms. The predicted octanol–water partition coefficient (Wildman–Crippen LogP) is 3.89. The third-order valence-corrected chi connectivity index (χ3v) is 6.95. The molecule has 0 aliphatic carbocycles. The summed E-state index contributed by atoms with van der Waals surface area (Å²) in [5.74, 6) is 0.166. The number of aromatic amines is 1. The first-order chi connectivity index (χ1) is 12.8. The lowest BCUT2D eigenvalue weighted by molar-refractivity contribution is 0.0602. The minimum Gasteiger partial charge on any atom is -0.360 e. The van der Waals surface area contributed by atoms with E-state index in [1.165, 1.54) is 12.0 Å². The molecular formula is C21H23N3OS. The number of hydrogen-bond acceptors (Lipinski definition) is 3. The van der Waals surface area contributed by atoms with Crippen molar-refractivity contribution < 1.29 is 4.79 Å². The van der Waals surface area contributed by atoms with Crippen LogP contribution in [0.15, 0.2) is 41.9 Å². The van der Waals surface area contributed by atoms with Gasteiger partial charge >= 0.3 is 0 Å². The van der Waals surface area contributed by atoms with Crippen molar-refractivity contribution in [1.29, 1.82) is 0 Å². The van der Waals surface area contributed by atoms with Crippen molar-refractivity contribution in [3.05, 3.63) is 57.9 Å². The van der Waals surface area contributed by atoms with Crippen LogP contribution in [0.5, 0.6) is 0 Å². The van der Waals surface area contributed by atoms with Gasteiger partial charge in [0.25, 0.3) is 5.91 Å². The molecule has 26 heavy (non-hydrogen) atoms. The summed E-state index contributed by atoms with van der Waals surface area (Å²) >= 11 is 1.90. The van der Waals surface area contributed by atoms with Gasteiger partial charge in [0.1, 0.15) is 0 Å². The molecule has 0 radical (unpaired) electrons. The Hall–Kier alpha value is -2.11. The molecule has 1 aromatic carbocycles. The topological polar surface area (TPSA) is 39.3 Å². The summed E-state index contributed by atoms with van der Waals surface area (Å²) in [7, 11) is 0. The Morgan fingerprint density at radius 3 is 2.85 bits per heavy atom. The van der Waals surface area contributed by atoms with Gasteiger partial charge in [-0.2, -0.15) is 0 Å². The van der Waals surface area contributed by atoms with E-state index in [0.29, 0.717) is 6.04 Å². The molecule has 1 saturated heterocycles. The predicted molar refractivity (Wildman–Crippen MR) is 106 cm³/mol. The summed E-state index contributed by atoms with van der Waals surface area (Å²) in [6.45, 7) is 3.96. The van der Waals surface area contributed by atoms with Crippen LogP contribution in [0.3, 0.4) is 0 Å². The molecule has 1 amide bonds. The second-order valence-electron chi connectivity index (χ2n) is 7.36. The van der Waals surface area contributed by atoms with Gasteiger partial charge in [-0.05, 0) is 42.3 Å². The largest absolute Gasteiger partial charge is 0.360 e. The van der Waals surface area contributed by atoms with E-state index in [-0.39, 0.29) is 5.91 Å². The van der Waals surface area contributed by atoms with E-state index in [1.54, 1.807) is 4.88 Å². The normalized spacial score (nSPS) is 19.0. The van der Waals surface area contributed by atoms with Crippen LogP contribution in [-0.2, 0) is 13.0 Å². The molecule has 2 aliphatic rings. The van der Waals surface area contributed by atoms with Crippen LogP contribution < -0.4 is 0 Å². The number of thiophene rings is 1. The molecule has 5 rings (SSSR count). The number of H-pyrrole nitrogens is 1. The van der Waals surface area contributed by atoms with Gasteiger partial charge in [-0.25, -0.2) is 0 Å². The lowest BCUT2D eigenvalue weighted by atomic mass is 9.99. The molecule has 2 aliphatic heterocycles. The Bertz CT molecular complexity index is 936. The van der Waals surface area contributed by atoms with Crippen molar-refractivity contribution in [1.82, 2.24) is 14.8 Å². The molecule has 4 nitrogen and oxygen atoms in total. The van der Waals surface area contributed by atoms with Gasteiger partial charge < -0.3 is 9.88 Å². The number of likely N-dealkylation sites (tertiary alicyclic amines) is 1. The van der Waals surface area contributed by atoms with Gasteiger partial charge in [-0.1, -0.05) is 18.2 Å². The zero-order valence-electron chi connectivity index (χ0n) is 14.8. The number of para-hydroxylation sites is 1. The monoisotopic (exact) mass is 365 g/mol. The summed E-state index contributed by atoms with van der Waals surface area (Å²) in [5, 5.41) is 3.25. The second kappa shape index (κ2) is 6.56. The molecule has 0 spiro atoms. The van der Waals surface area contributed by atoms with Gasteiger partial charge in [0.05, 0.1) is 5.56 Å². The standard InChI is InChI=1S/C21H23N3OS/c25-21(18-13-22-19-4-2-1-3-17(18)19)23-9-5-16(6-10-23)24-11-7-20-15(14-24)8-12-26-20/h1-4,8,12-13,16,22H,5-7,9-11,14H2. The van der Waals surface area contributed by atoms with Crippen LogP contribution in [-0.4, -0.2) is 46.4 Å². The Morgan fingerprint density at radius 1 is 1.12 bits per heavy atom. The molecule has 0 atom stereocenters. The number of nitrogens with zero attached hydrogens (tertiary/aromatic N) is 2. The van der Waals surface area contributed by atoms with E-state index < -0.39 is 0 Å². The smallest absolute Gasteiger partial charge is 0.256 e. The lowest BCUT2D eigenvalue weighted by Gasteiger charge is -2.40. The van der Waals surface area contributed by atoms with Gasteiger partial charge in [0, 0.05) is 54.2 Å². The number of nitrogens with one attached hydrogen (secondary N) is 1. The number of aromatic nitrogens is 1. The molecule has 2 aromatic heterocycles. The minimum atomic E-state index is 0.166. The van der Waals surface area contributed by atoms with Gasteiger partial charge in [0.15, 0.2) is 0 Å². The van der Waals surface area contributed by atoms with Crippen molar-refractivity contribution >= 4 is 28.1 Å². The minimum absolute atomic E-state index is 0.166. The lowest BCUT2D eigenvalue weighted by Crippen LogP contribution is -2.47. The molecule has 3 aromatic rings. The average molecular weight is 366 g/mol. The fourth-order valence-corrected chi connectivity index (χ4v) is 5.32. The maximum Gasteiger partial charge on any atom is 0.256 e. The van der Waals surface area contributed by atoms with Gasteiger partial charge in [0.2, 0.25) is 0 Å². The van der Waals surface area contributed by atoms with Crippen molar-refractivity contribution in [2.24, 2.45) is 0 Å². The highest BCUT2D eigenvalue weighted by molar-refractivity contribution is 7.10. The van der Waals surface area contributed by atoms with E-state index in [1.807, 2.05) is 46.7 Å². The first-order valence-electron chi connectivity index (χ1n) is 9.44. The fourth-order valence-electron chi connectivity index (χ4n) is 4.43. The number of amides is 1. The Morgan fingerprint density at radius 2 is 1.96 bits per heavy atom. The number of fused-ring (bicyclic) bond motifs is 2. The molecule has 4 heterocycles. The third-order valence-electron chi connectivity index (χ3n) is 5.92. The first-order valence-corrected chi connectivity index (χ1v) is 10.3. The Balaban J connectivity index is 1.25. The molecule has 1 N–H and O–H groups in total. The third kappa shape index (κ3) is 2.75. The highest BCUT2D eigenvalue weighted by Gasteiger charge is 2.30. The molecule has 0 unspecified atom stereocenters. The van der Waals surface area contributed by atoms with Crippen molar-refractivity contribution in [3.63, 3.8) is 0 Å². The highest BCUT2D eigenvalue weighted by atomic mass is 32.1. The van der Waals surface area contributed by atoms with Crippen molar-refractivity contribution in [3.8, 4) is 0 Å². The van der Waals surface area contributed by atoms with Crippen LogP contribution in [0.2, 0.25) is 0 Å². The molecular weight excluding hydrogens is 342 g/mol. The number of benzene rings is 1. The fraction of sp³-hybridized carbons (Fsp3) is 0.381. The molecule has 1 fully saturated rings. The van der Waals surface area contributed by atoms with Gasteiger partial charge in [-0.15, -0.1) is 11.3 Å². The zero-order chi connectivity index (χ0) is 17.5. The van der Waals surface area contributed by atoms with Crippen molar-refractivity contribution in [2.75, 3.05) is 19.6 Å². The summed E-state index contributed by atoms with van der Waals surface area (Å²) in [4.78, 5) is 22.4. The quantitative estimate of drug-likeness (QED) is 0.748. The first kappa shape index (κ1) is 16.1. The molecule has 134 valence electrons. The van der Waals surface area contributed by atoms with Crippen LogP contribution in [0.25, 0.3) is 10.9 Å². The van der Waals surface area contributed by atoms with Crippen LogP contribution in [0.4, 0.5) is 0 Å². The average Bonchev–Trinajstić information content (AvgIpc) is 3.34. The van der Waals surface area contributed by atoms with Crippen LogP contribution in [0, 0.1) is 0 Å². The maximum absolute atomic E-state index is 13.0. The zero-order valence-corrected chi connectivity index (χ0v) is 15.6. The van der Waals surface area contributed by atoms with Gasteiger partial charge in [-0.3, -0.25) is 9.69 Å². The van der Waals surface area contributed by atoms with E-state index >= 15 is 0 Å². The van der Waals surface area contributed by atoms with E-state index in [4.69, 9.17) is 0 Å². The van der Waals surface area contributed by atoms with Crippen LogP contribution >= 0.6 is 11.3 Å². The van der Waals surface area contributed by atoms with Crippen molar-refractivity contribution in [2.45, 2.75) is 31.8 Å². The maximum atomic E-state index is 13.0. The van der Waals surface area contributed by atoms with E-state index in [2.05, 4.69) is 21.3 Å². The summed E-state index contributed by atoms with van der Waals surface area (Å²) in [6, 6.07) is 10.9. The summed E-state index contributed by atoms with van der Waals surface area (Å²) in [5.41, 5.74) is 3.35. The number of carbonyl (C=O) groups excluding carboxylic acids is 1. The second-order valence-corrected chi connectivity index (χ2v) is 8.36. The number of hydrogen-bond donors (Lipinski definition) is 1. The molecule has 5 heteroatoms. The Labute approximate surface area is 157 Å². The summed E-state index contributed by atoms with van der Waals surface area (Å²) in [6.07, 6.45) is 5.20. The van der Waals surface area contributed by atoms with E-state index in [0.717, 1.165) is 55.5 Å². The van der Waals surface area contributed by atoms with Crippen LogP contribution in [0.1, 0.15) is 33.6 Å². The Kier molecular flexibility index (Phi) is 4.06. The number of rotatable bonds is 2. The summed E-state index contributed by atoms with van der Waals surface area (Å²) < 4.78 is 0. The number of carbonyl (C=O) groups is 1. The number of piperidine rings is 1. The van der Waals surface area contributed by atoms with E-state index in [9.17, 15) is 4.79 Å². The highest BCUT2D eigenvalue weighted by Crippen LogP contribution is 2.29.